The number of anilines is 2. The van der Waals surface area contributed by atoms with Crippen LogP contribution >= 0.6 is 11.3 Å². The Morgan fingerprint density at radius 1 is 1.20 bits per heavy atom. The van der Waals surface area contributed by atoms with Crippen LogP contribution in [0.5, 0.6) is 0 Å². The van der Waals surface area contributed by atoms with Gasteiger partial charge in [0.05, 0.1) is 11.3 Å². The Labute approximate surface area is 146 Å². The van der Waals surface area contributed by atoms with E-state index in [1.165, 1.54) is 30.4 Å². The van der Waals surface area contributed by atoms with Crippen molar-refractivity contribution in [2.75, 3.05) is 10.6 Å². The van der Waals surface area contributed by atoms with Crippen LogP contribution in [0.15, 0.2) is 48.1 Å². The first kappa shape index (κ1) is 16.7. The van der Waals surface area contributed by atoms with E-state index >= 15 is 0 Å². The molecule has 0 saturated heterocycles. The Morgan fingerprint density at radius 3 is 2.76 bits per heavy atom. The average molecular weight is 356 g/mol. The number of benzene rings is 1. The minimum absolute atomic E-state index is 0.177. The summed E-state index contributed by atoms with van der Waals surface area (Å²) in [6.45, 7) is 1.33. The molecule has 3 aromatic rings. The number of halogens is 1. The van der Waals surface area contributed by atoms with Gasteiger partial charge in [-0.2, -0.15) is 0 Å². The fraction of sp³-hybridized carbons (Fsp3) is 0.0588. The Kier molecular flexibility index (Phi) is 4.80. The van der Waals surface area contributed by atoms with Gasteiger partial charge in [-0.3, -0.25) is 19.9 Å². The minimum Gasteiger partial charge on any atom is -0.326 e. The van der Waals surface area contributed by atoms with Crippen molar-refractivity contribution in [3.8, 4) is 11.3 Å². The smallest absolute Gasteiger partial charge is 0.260 e. The second-order valence-corrected chi connectivity index (χ2v) is 5.97. The summed E-state index contributed by atoms with van der Waals surface area (Å²) < 4.78 is 13.9. The van der Waals surface area contributed by atoms with Crippen molar-refractivity contribution in [3.63, 3.8) is 0 Å². The van der Waals surface area contributed by atoms with E-state index in [-0.39, 0.29) is 11.5 Å². The molecule has 0 radical (unpaired) electrons. The predicted octanol–water partition coefficient (Wildman–Crippen LogP) is 3.55. The first-order valence-corrected chi connectivity index (χ1v) is 8.15. The molecule has 0 saturated carbocycles. The lowest BCUT2D eigenvalue weighted by molar-refractivity contribution is -0.114. The van der Waals surface area contributed by atoms with Crippen LogP contribution in [0.3, 0.4) is 0 Å². The maximum atomic E-state index is 13.9. The van der Waals surface area contributed by atoms with E-state index in [4.69, 9.17) is 0 Å². The highest BCUT2D eigenvalue weighted by atomic mass is 32.1. The van der Waals surface area contributed by atoms with Crippen LogP contribution in [-0.2, 0) is 4.79 Å². The molecular weight excluding hydrogens is 343 g/mol. The van der Waals surface area contributed by atoms with Gasteiger partial charge in [-0.05, 0) is 30.3 Å². The highest BCUT2D eigenvalue weighted by molar-refractivity contribution is 7.14. The van der Waals surface area contributed by atoms with E-state index in [9.17, 15) is 14.0 Å². The monoisotopic (exact) mass is 356 g/mol. The molecule has 0 unspecified atom stereocenters. The zero-order chi connectivity index (χ0) is 17.8. The number of carbonyl (C=O) groups excluding carboxylic acids is 2. The number of aromatic nitrogens is 2. The summed E-state index contributed by atoms with van der Waals surface area (Å²) in [7, 11) is 0. The molecule has 0 bridgehead atoms. The molecule has 126 valence electrons. The van der Waals surface area contributed by atoms with Crippen molar-refractivity contribution >= 4 is 34.0 Å². The molecule has 0 atom stereocenters. The fourth-order valence-electron chi connectivity index (χ4n) is 2.12. The summed E-state index contributed by atoms with van der Waals surface area (Å²) in [6.07, 6.45) is 3.32. The molecule has 2 N–H and O–H groups in total. The molecule has 8 heteroatoms. The highest BCUT2D eigenvalue weighted by Gasteiger charge is 2.15. The van der Waals surface area contributed by atoms with Crippen LogP contribution in [0.1, 0.15) is 17.3 Å². The van der Waals surface area contributed by atoms with E-state index in [0.717, 1.165) is 11.6 Å². The van der Waals surface area contributed by atoms with Gasteiger partial charge in [0, 0.05) is 35.9 Å². The van der Waals surface area contributed by atoms with Crippen LogP contribution in [0, 0.1) is 5.82 Å². The lowest BCUT2D eigenvalue weighted by Gasteiger charge is -2.07. The molecule has 2 amide bonds. The molecule has 3 rings (SSSR count). The summed E-state index contributed by atoms with van der Waals surface area (Å²) in [4.78, 5) is 31.7. The van der Waals surface area contributed by atoms with Crippen LogP contribution in [0.25, 0.3) is 11.3 Å². The van der Waals surface area contributed by atoms with Gasteiger partial charge in [0.15, 0.2) is 5.13 Å². The number of nitrogens with zero attached hydrogens (tertiary/aromatic N) is 2. The van der Waals surface area contributed by atoms with Gasteiger partial charge in [-0.25, -0.2) is 9.37 Å². The van der Waals surface area contributed by atoms with Gasteiger partial charge >= 0.3 is 0 Å². The predicted molar refractivity (Wildman–Crippen MR) is 94.0 cm³/mol. The number of hydrogen-bond acceptors (Lipinski definition) is 5. The Hall–Kier alpha value is -3.13. The summed E-state index contributed by atoms with van der Waals surface area (Å²) in [5.41, 5.74) is 1.65. The molecule has 2 aromatic heterocycles. The third-order valence-electron chi connectivity index (χ3n) is 3.21. The van der Waals surface area contributed by atoms with E-state index in [1.54, 1.807) is 23.8 Å². The van der Waals surface area contributed by atoms with Crippen molar-refractivity contribution in [2.24, 2.45) is 0 Å². The molecule has 1 aromatic carbocycles. The van der Waals surface area contributed by atoms with Crippen LogP contribution in [-0.4, -0.2) is 21.8 Å². The van der Waals surface area contributed by atoms with Crippen LogP contribution < -0.4 is 10.6 Å². The van der Waals surface area contributed by atoms with Crippen molar-refractivity contribution in [1.82, 2.24) is 9.97 Å². The summed E-state index contributed by atoms with van der Waals surface area (Å²) in [6, 6.07) is 7.43. The number of amides is 2. The van der Waals surface area contributed by atoms with E-state index in [2.05, 4.69) is 20.6 Å². The second-order valence-electron chi connectivity index (χ2n) is 5.11. The number of thiazole rings is 1. The zero-order valence-corrected chi connectivity index (χ0v) is 13.9. The molecule has 2 heterocycles. The maximum absolute atomic E-state index is 13.9. The molecule has 0 aliphatic carbocycles. The van der Waals surface area contributed by atoms with Crippen molar-refractivity contribution in [1.29, 1.82) is 0 Å². The Bertz CT molecular complexity index is 927. The first-order chi connectivity index (χ1) is 12.0. The average Bonchev–Trinajstić information content (AvgIpc) is 3.05. The molecule has 0 aliphatic heterocycles. The van der Waals surface area contributed by atoms with Gasteiger partial charge in [0.25, 0.3) is 5.91 Å². The lowest BCUT2D eigenvalue weighted by Crippen LogP contribution is -2.15. The standard InChI is InChI=1S/C17H13FN4O2S/c1-10(23)20-12-4-5-14(18)13(7-12)16(24)22-17-21-15(9-25-17)11-3-2-6-19-8-11/h2-9H,1H3,(H,20,23)(H,21,22,24). The SMILES string of the molecule is CC(=O)Nc1ccc(F)c(C(=O)Nc2nc(-c3cccnc3)cs2)c1. The summed E-state index contributed by atoms with van der Waals surface area (Å²) in [5.74, 6) is -1.63. The number of hydrogen-bond donors (Lipinski definition) is 2. The zero-order valence-electron chi connectivity index (χ0n) is 13.1. The topological polar surface area (TPSA) is 84.0 Å². The number of carbonyl (C=O) groups is 2. The Morgan fingerprint density at radius 2 is 2.04 bits per heavy atom. The van der Waals surface area contributed by atoms with Crippen LogP contribution in [0.2, 0.25) is 0 Å². The van der Waals surface area contributed by atoms with E-state index in [0.29, 0.717) is 16.5 Å². The van der Waals surface area contributed by atoms with Gasteiger partial charge in [0.2, 0.25) is 5.91 Å². The highest BCUT2D eigenvalue weighted by Crippen LogP contribution is 2.25. The van der Waals surface area contributed by atoms with Crippen molar-refractivity contribution < 1.29 is 14.0 Å². The Balaban J connectivity index is 1.79. The normalized spacial score (nSPS) is 10.3. The third kappa shape index (κ3) is 4.04. The minimum atomic E-state index is -0.685. The maximum Gasteiger partial charge on any atom is 0.260 e. The summed E-state index contributed by atoms with van der Waals surface area (Å²) in [5, 5.41) is 7.19. The number of pyridine rings is 1. The third-order valence-corrected chi connectivity index (χ3v) is 3.97. The fourth-order valence-corrected chi connectivity index (χ4v) is 2.84. The molecule has 0 aliphatic rings. The van der Waals surface area contributed by atoms with Gasteiger partial charge < -0.3 is 5.32 Å². The van der Waals surface area contributed by atoms with Gasteiger partial charge in [-0.15, -0.1) is 11.3 Å². The second kappa shape index (κ2) is 7.18. The van der Waals surface area contributed by atoms with E-state index < -0.39 is 11.7 Å². The first-order valence-electron chi connectivity index (χ1n) is 7.27. The molecular formula is C17H13FN4O2S. The number of rotatable bonds is 4. The molecule has 6 nitrogen and oxygen atoms in total. The lowest BCUT2D eigenvalue weighted by atomic mass is 10.1. The van der Waals surface area contributed by atoms with Crippen LogP contribution in [0.4, 0.5) is 15.2 Å². The molecule has 25 heavy (non-hydrogen) atoms. The van der Waals surface area contributed by atoms with Gasteiger partial charge in [-0.1, -0.05) is 0 Å². The summed E-state index contributed by atoms with van der Waals surface area (Å²) >= 11 is 1.23. The molecule has 0 fully saturated rings. The molecule has 0 spiro atoms. The van der Waals surface area contributed by atoms with E-state index in [1.807, 2.05) is 6.07 Å². The van der Waals surface area contributed by atoms with Crippen molar-refractivity contribution in [3.05, 3.63) is 59.5 Å². The largest absolute Gasteiger partial charge is 0.326 e. The quantitative estimate of drug-likeness (QED) is 0.749. The van der Waals surface area contributed by atoms with Crippen molar-refractivity contribution in [2.45, 2.75) is 6.92 Å². The number of nitrogens with one attached hydrogen (secondary N) is 2. The van der Waals surface area contributed by atoms with Gasteiger partial charge in [0.1, 0.15) is 5.82 Å².